The van der Waals surface area contributed by atoms with Gasteiger partial charge in [0.1, 0.15) is 16.5 Å². The Bertz CT molecular complexity index is 418. The number of hydrogen-bond donors (Lipinski definition) is 1. The van der Waals surface area contributed by atoms with Gasteiger partial charge in [0.15, 0.2) is 0 Å². The molecule has 3 rings (SSSR count). The van der Waals surface area contributed by atoms with Crippen molar-refractivity contribution in [3.8, 4) is 0 Å². The monoisotopic (exact) mass is 221 g/mol. The van der Waals surface area contributed by atoms with Crippen LogP contribution in [0.1, 0.15) is 48.8 Å². The zero-order valence-corrected chi connectivity index (χ0v) is 9.52. The molecule has 1 saturated carbocycles. The highest BCUT2D eigenvalue weighted by Crippen LogP contribution is 2.41. The zero-order chi connectivity index (χ0) is 10.4. The van der Waals surface area contributed by atoms with Crippen molar-refractivity contribution in [1.82, 2.24) is 9.55 Å². The minimum atomic E-state index is 0.465. The molecule has 3 nitrogen and oxygen atoms in total. The molecule has 0 radical (unpaired) electrons. The molecular formula is C11H15N3S. The van der Waals surface area contributed by atoms with E-state index in [1.807, 2.05) is 0 Å². The highest BCUT2D eigenvalue weighted by molar-refractivity contribution is 7.80. The van der Waals surface area contributed by atoms with Gasteiger partial charge < -0.3 is 10.3 Å². The molecule has 2 heterocycles. The van der Waals surface area contributed by atoms with Gasteiger partial charge in [0.2, 0.25) is 0 Å². The molecular weight excluding hydrogens is 206 g/mol. The Morgan fingerprint density at radius 3 is 2.87 bits per heavy atom. The van der Waals surface area contributed by atoms with E-state index >= 15 is 0 Å². The van der Waals surface area contributed by atoms with Gasteiger partial charge in [0.05, 0.1) is 0 Å². The highest BCUT2D eigenvalue weighted by atomic mass is 32.1. The molecule has 0 bridgehead atoms. The Hall–Kier alpha value is -0.900. The summed E-state index contributed by atoms with van der Waals surface area (Å²) in [5.74, 6) is 1.93. The van der Waals surface area contributed by atoms with E-state index in [-0.39, 0.29) is 0 Å². The Kier molecular flexibility index (Phi) is 2.06. The van der Waals surface area contributed by atoms with Crippen molar-refractivity contribution < 1.29 is 0 Å². The summed E-state index contributed by atoms with van der Waals surface area (Å²) in [7, 11) is 0. The second-order valence-corrected chi connectivity index (χ2v) is 4.95. The third-order valence-corrected chi connectivity index (χ3v) is 3.52. The molecule has 1 aliphatic carbocycles. The summed E-state index contributed by atoms with van der Waals surface area (Å²) in [6.45, 7) is 1.11. The first-order valence-electron chi connectivity index (χ1n) is 5.66. The van der Waals surface area contributed by atoms with Gasteiger partial charge in [0.25, 0.3) is 0 Å². The van der Waals surface area contributed by atoms with Crippen molar-refractivity contribution in [3.05, 3.63) is 17.2 Å². The van der Waals surface area contributed by atoms with E-state index < -0.39 is 0 Å². The lowest BCUT2D eigenvalue weighted by Crippen LogP contribution is -2.17. The van der Waals surface area contributed by atoms with Crippen molar-refractivity contribution in [3.63, 3.8) is 0 Å². The Balaban J connectivity index is 2.11. The van der Waals surface area contributed by atoms with Gasteiger partial charge in [-0.25, -0.2) is 4.98 Å². The van der Waals surface area contributed by atoms with Crippen LogP contribution in [-0.4, -0.2) is 14.5 Å². The molecule has 0 spiro atoms. The number of rotatable bonds is 2. The number of hydrogen-bond acceptors (Lipinski definition) is 2. The predicted octanol–water partition coefficient (Wildman–Crippen LogP) is 1.73. The lowest BCUT2D eigenvalue weighted by atomic mass is 10.1. The average molecular weight is 221 g/mol. The van der Waals surface area contributed by atoms with E-state index in [0.717, 1.165) is 18.7 Å². The summed E-state index contributed by atoms with van der Waals surface area (Å²) in [6, 6.07) is 0. The fourth-order valence-corrected chi connectivity index (χ4v) is 2.58. The molecule has 0 aromatic carbocycles. The number of fused-ring (bicyclic) bond motifs is 1. The molecule has 0 atom stereocenters. The van der Waals surface area contributed by atoms with Crippen molar-refractivity contribution >= 4 is 17.2 Å². The van der Waals surface area contributed by atoms with Gasteiger partial charge in [-0.15, -0.1) is 0 Å². The largest absolute Gasteiger partial charge is 0.388 e. The van der Waals surface area contributed by atoms with Gasteiger partial charge in [-0.05, 0) is 32.1 Å². The maximum absolute atomic E-state index is 5.73. The van der Waals surface area contributed by atoms with Crippen LogP contribution in [0, 0.1) is 0 Å². The van der Waals surface area contributed by atoms with Gasteiger partial charge >= 0.3 is 0 Å². The number of nitrogens with zero attached hydrogens (tertiary/aromatic N) is 2. The van der Waals surface area contributed by atoms with Gasteiger partial charge in [-0.1, -0.05) is 12.2 Å². The average Bonchev–Trinajstić information content (AvgIpc) is 2.99. The quantitative estimate of drug-likeness (QED) is 0.773. The Labute approximate surface area is 94.7 Å². The summed E-state index contributed by atoms with van der Waals surface area (Å²) in [4.78, 5) is 5.12. The maximum atomic E-state index is 5.73. The van der Waals surface area contributed by atoms with Crippen LogP contribution in [0.2, 0.25) is 0 Å². The first-order valence-corrected chi connectivity index (χ1v) is 6.07. The maximum Gasteiger partial charge on any atom is 0.124 e. The van der Waals surface area contributed by atoms with Crippen LogP contribution in [0.3, 0.4) is 0 Å². The fourth-order valence-electron chi connectivity index (χ4n) is 2.42. The zero-order valence-electron chi connectivity index (χ0n) is 8.70. The molecule has 80 valence electrons. The van der Waals surface area contributed by atoms with Crippen LogP contribution in [-0.2, 0) is 13.0 Å². The third-order valence-electron chi connectivity index (χ3n) is 3.32. The molecule has 1 aliphatic heterocycles. The standard InChI is InChI=1S/C11H15N3S/c12-10(15)9-8-3-1-2-6-14(8)11(13-9)7-4-5-7/h7H,1-6H2,(H2,12,15). The summed E-state index contributed by atoms with van der Waals surface area (Å²) >= 11 is 5.07. The third kappa shape index (κ3) is 1.47. The minimum Gasteiger partial charge on any atom is -0.388 e. The van der Waals surface area contributed by atoms with E-state index in [0.29, 0.717) is 10.9 Å². The highest BCUT2D eigenvalue weighted by Gasteiger charge is 2.32. The molecule has 0 amide bonds. The van der Waals surface area contributed by atoms with Gasteiger partial charge in [-0.2, -0.15) is 0 Å². The van der Waals surface area contributed by atoms with Gasteiger partial charge in [-0.3, -0.25) is 0 Å². The van der Waals surface area contributed by atoms with Gasteiger partial charge in [0, 0.05) is 18.2 Å². The topological polar surface area (TPSA) is 43.8 Å². The van der Waals surface area contributed by atoms with Crippen LogP contribution in [0.4, 0.5) is 0 Å². The van der Waals surface area contributed by atoms with Crippen molar-refractivity contribution in [2.75, 3.05) is 0 Å². The van der Waals surface area contributed by atoms with E-state index in [1.54, 1.807) is 0 Å². The molecule has 1 aromatic rings. The van der Waals surface area contributed by atoms with Crippen LogP contribution < -0.4 is 5.73 Å². The van der Waals surface area contributed by atoms with E-state index in [2.05, 4.69) is 9.55 Å². The number of nitrogens with two attached hydrogens (primary N) is 1. The molecule has 15 heavy (non-hydrogen) atoms. The molecule has 2 aliphatic rings. The summed E-state index contributed by atoms with van der Waals surface area (Å²) in [6.07, 6.45) is 6.16. The van der Waals surface area contributed by atoms with Crippen LogP contribution in [0.15, 0.2) is 0 Å². The van der Waals surface area contributed by atoms with E-state index in [1.165, 1.54) is 37.2 Å². The molecule has 1 fully saturated rings. The summed E-state index contributed by atoms with van der Waals surface area (Å²) in [5, 5.41) is 0. The normalized spacial score (nSPS) is 20.0. The molecule has 0 unspecified atom stereocenters. The van der Waals surface area contributed by atoms with E-state index in [4.69, 9.17) is 18.0 Å². The second-order valence-electron chi connectivity index (χ2n) is 4.51. The van der Waals surface area contributed by atoms with E-state index in [9.17, 15) is 0 Å². The molecule has 1 aromatic heterocycles. The van der Waals surface area contributed by atoms with Crippen molar-refractivity contribution in [2.24, 2.45) is 5.73 Å². The molecule has 0 saturated heterocycles. The first-order chi connectivity index (χ1) is 7.27. The SMILES string of the molecule is NC(=S)c1nc(C2CC2)n2c1CCCC2. The molecule has 2 N–H and O–H groups in total. The fraction of sp³-hybridized carbons (Fsp3) is 0.636. The van der Waals surface area contributed by atoms with Crippen molar-refractivity contribution in [1.29, 1.82) is 0 Å². The molecule has 4 heteroatoms. The van der Waals surface area contributed by atoms with Crippen LogP contribution in [0.25, 0.3) is 0 Å². The minimum absolute atomic E-state index is 0.465. The van der Waals surface area contributed by atoms with Crippen molar-refractivity contribution in [2.45, 2.75) is 44.6 Å². The lowest BCUT2D eigenvalue weighted by Gasteiger charge is -2.17. The second kappa shape index (κ2) is 3.30. The lowest BCUT2D eigenvalue weighted by molar-refractivity contribution is 0.514. The Morgan fingerprint density at radius 2 is 2.20 bits per heavy atom. The predicted molar refractivity (Wildman–Crippen MR) is 63.0 cm³/mol. The summed E-state index contributed by atoms with van der Waals surface area (Å²) in [5.41, 5.74) is 7.91. The van der Waals surface area contributed by atoms with Crippen LogP contribution in [0.5, 0.6) is 0 Å². The summed E-state index contributed by atoms with van der Waals surface area (Å²) < 4.78 is 2.37. The Morgan fingerprint density at radius 1 is 1.40 bits per heavy atom. The first kappa shape index (κ1) is 9.33. The number of thiocarbonyl (C=S) groups is 1. The number of imidazole rings is 1. The van der Waals surface area contributed by atoms with Crippen LogP contribution >= 0.6 is 12.2 Å². The number of aromatic nitrogens is 2. The smallest absolute Gasteiger partial charge is 0.124 e.